The Morgan fingerprint density at radius 1 is 1.29 bits per heavy atom. The van der Waals surface area contributed by atoms with Gasteiger partial charge in [0.2, 0.25) is 0 Å². The Hall–Kier alpha value is -2.87. The zero-order valence-electron chi connectivity index (χ0n) is 14.2. The highest BCUT2D eigenvalue weighted by atomic mass is 19.1. The van der Waals surface area contributed by atoms with Crippen molar-refractivity contribution in [1.82, 2.24) is 9.88 Å². The Labute approximate surface area is 141 Å². The summed E-state index contributed by atoms with van der Waals surface area (Å²) in [6, 6.07) is 10.0. The summed E-state index contributed by atoms with van der Waals surface area (Å²) in [4.78, 5) is 12.0. The van der Waals surface area contributed by atoms with Gasteiger partial charge in [-0.2, -0.15) is 5.26 Å². The summed E-state index contributed by atoms with van der Waals surface area (Å²) in [5.41, 5.74) is 3.49. The second-order valence-corrected chi connectivity index (χ2v) is 5.94. The zero-order valence-corrected chi connectivity index (χ0v) is 14.2. The molecule has 0 saturated heterocycles. The van der Waals surface area contributed by atoms with Gasteiger partial charge in [0.1, 0.15) is 17.5 Å². The summed E-state index contributed by atoms with van der Waals surface area (Å²) in [5, 5.41) is 12.0. The number of hydrogen-bond donors (Lipinski definition) is 1. The van der Waals surface area contributed by atoms with Gasteiger partial charge in [-0.3, -0.25) is 4.79 Å². The first kappa shape index (κ1) is 17.5. The highest BCUT2D eigenvalue weighted by molar-refractivity contribution is 6.02. The van der Waals surface area contributed by atoms with Crippen molar-refractivity contribution in [1.29, 1.82) is 5.26 Å². The Morgan fingerprint density at radius 2 is 1.92 bits per heavy atom. The van der Waals surface area contributed by atoms with Crippen molar-refractivity contribution in [3.8, 4) is 11.8 Å². The maximum atomic E-state index is 13.1. The van der Waals surface area contributed by atoms with E-state index in [2.05, 4.69) is 5.32 Å². The fourth-order valence-electron chi connectivity index (χ4n) is 2.57. The number of hydrogen-bond acceptors (Lipinski definition) is 2. The van der Waals surface area contributed by atoms with Gasteiger partial charge in [0.15, 0.2) is 0 Å². The lowest BCUT2D eigenvalue weighted by Gasteiger charge is -2.10. The van der Waals surface area contributed by atoms with E-state index in [1.807, 2.05) is 44.4 Å². The molecule has 0 radical (unpaired) electrons. The Bertz CT molecular complexity index is 824. The average Bonchev–Trinajstić information content (AvgIpc) is 2.79. The molecule has 2 rings (SSSR count). The van der Waals surface area contributed by atoms with Gasteiger partial charge in [-0.25, -0.2) is 4.39 Å². The summed E-state index contributed by atoms with van der Waals surface area (Å²) >= 11 is 0. The van der Waals surface area contributed by atoms with E-state index >= 15 is 0 Å². The molecule has 1 heterocycles. The lowest BCUT2D eigenvalue weighted by Crippen LogP contribution is -2.30. The van der Waals surface area contributed by atoms with E-state index < -0.39 is 0 Å². The third-order valence-corrected chi connectivity index (χ3v) is 3.64. The number of nitrogens with one attached hydrogen (secondary N) is 1. The van der Waals surface area contributed by atoms with E-state index in [0.717, 1.165) is 22.6 Å². The number of benzene rings is 1. The molecule has 24 heavy (non-hydrogen) atoms. The second kappa shape index (κ2) is 7.14. The number of aryl methyl sites for hydroxylation is 1. The fourth-order valence-corrected chi connectivity index (χ4v) is 2.57. The van der Waals surface area contributed by atoms with Gasteiger partial charge in [-0.05, 0) is 69.7 Å². The maximum Gasteiger partial charge on any atom is 0.262 e. The van der Waals surface area contributed by atoms with Crippen LogP contribution in [0.3, 0.4) is 0 Å². The monoisotopic (exact) mass is 325 g/mol. The number of amides is 1. The smallest absolute Gasteiger partial charge is 0.262 e. The van der Waals surface area contributed by atoms with Crippen LogP contribution >= 0.6 is 0 Å². The Balaban J connectivity index is 2.44. The van der Waals surface area contributed by atoms with Gasteiger partial charge in [-0.1, -0.05) is 0 Å². The Morgan fingerprint density at radius 3 is 2.46 bits per heavy atom. The molecule has 0 fully saturated rings. The van der Waals surface area contributed by atoms with Gasteiger partial charge in [0, 0.05) is 23.1 Å². The molecule has 1 aromatic carbocycles. The first-order valence-electron chi connectivity index (χ1n) is 7.71. The Kier molecular flexibility index (Phi) is 5.20. The minimum atomic E-state index is -0.390. The van der Waals surface area contributed by atoms with Crippen LogP contribution in [0.5, 0.6) is 0 Å². The molecule has 2 aromatic rings. The quantitative estimate of drug-likeness (QED) is 0.689. The fraction of sp³-hybridized carbons (Fsp3) is 0.263. The second-order valence-electron chi connectivity index (χ2n) is 5.94. The van der Waals surface area contributed by atoms with Gasteiger partial charge < -0.3 is 9.88 Å². The number of nitriles is 1. The van der Waals surface area contributed by atoms with Crippen LogP contribution in [0.4, 0.5) is 4.39 Å². The molecule has 1 amide bonds. The van der Waals surface area contributed by atoms with Crippen LogP contribution in [0.15, 0.2) is 35.9 Å². The molecule has 124 valence electrons. The highest BCUT2D eigenvalue weighted by Crippen LogP contribution is 2.23. The molecule has 0 aliphatic rings. The molecule has 0 unspecified atom stereocenters. The normalized spacial score (nSPS) is 11.5. The zero-order chi connectivity index (χ0) is 17.9. The minimum absolute atomic E-state index is 0.0408. The van der Waals surface area contributed by atoms with Crippen LogP contribution in [0.1, 0.15) is 30.8 Å². The molecule has 1 aromatic heterocycles. The molecular weight excluding hydrogens is 305 g/mol. The molecule has 0 aliphatic heterocycles. The van der Waals surface area contributed by atoms with Crippen LogP contribution < -0.4 is 5.32 Å². The summed E-state index contributed by atoms with van der Waals surface area (Å²) in [5.74, 6) is -0.683. The summed E-state index contributed by atoms with van der Waals surface area (Å²) in [6.45, 7) is 7.51. The van der Waals surface area contributed by atoms with E-state index in [1.165, 1.54) is 12.1 Å². The van der Waals surface area contributed by atoms with Crippen LogP contribution in [0, 0.1) is 31.0 Å². The number of aromatic nitrogens is 1. The van der Waals surface area contributed by atoms with Crippen molar-refractivity contribution in [2.75, 3.05) is 0 Å². The third kappa shape index (κ3) is 3.72. The lowest BCUT2D eigenvalue weighted by molar-refractivity contribution is -0.117. The van der Waals surface area contributed by atoms with E-state index in [9.17, 15) is 14.4 Å². The van der Waals surface area contributed by atoms with Crippen LogP contribution in [-0.2, 0) is 4.79 Å². The van der Waals surface area contributed by atoms with E-state index in [4.69, 9.17) is 0 Å². The van der Waals surface area contributed by atoms with Crippen LogP contribution in [-0.4, -0.2) is 16.5 Å². The molecule has 0 atom stereocenters. The summed E-state index contributed by atoms with van der Waals surface area (Å²) in [6.07, 6.45) is 1.58. The van der Waals surface area contributed by atoms with Gasteiger partial charge in [0.05, 0.1) is 0 Å². The molecular formula is C19H20FN3O. The molecule has 0 aliphatic carbocycles. The third-order valence-electron chi connectivity index (χ3n) is 3.64. The van der Waals surface area contributed by atoms with Crippen molar-refractivity contribution >= 4 is 12.0 Å². The molecule has 5 heteroatoms. The molecule has 0 spiro atoms. The van der Waals surface area contributed by atoms with Crippen LogP contribution in [0.2, 0.25) is 0 Å². The summed E-state index contributed by atoms with van der Waals surface area (Å²) in [7, 11) is 0. The van der Waals surface area contributed by atoms with Crippen LogP contribution in [0.25, 0.3) is 11.8 Å². The topological polar surface area (TPSA) is 57.8 Å². The van der Waals surface area contributed by atoms with Crippen molar-refractivity contribution in [3.63, 3.8) is 0 Å². The lowest BCUT2D eigenvalue weighted by atomic mass is 10.1. The van der Waals surface area contributed by atoms with Gasteiger partial charge >= 0.3 is 0 Å². The number of carbonyl (C=O) groups excluding carboxylic acids is 1. The summed E-state index contributed by atoms with van der Waals surface area (Å²) < 4.78 is 15.1. The number of nitrogens with zero attached hydrogens (tertiary/aromatic N) is 2. The first-order chi connectivity index (χ1) is 11.3. The molecule has 0 saturated carbocycles. The van der Waals surface area contributed by atoms with E-state index in [0.29, 0.717) is 0 Å². The molecule has 0 bridgehead atoms. The van der Waals surface area contributed by atoms with Crippen molar-refractivity contribution < 1.29 is 9.18 Å². The maximum absolute atomic E-state index is 13.1. The number of carbonyl (C=O) groups is 1. The number of rotatable bonds is 4. The standard InChI is InChI=1S/C19H20FN3O/c1-12(2)22-19(24)16(11-21)10-15-9-13(3)23(14(15)4)18-7-5-17(20)6-8-18/h5-10,12H,1-4H3,(H,22,24)/b16-10-. The predicted octanol–water partition coefficient (Wildman–Crippen LogP) is 3.66. The first-order valence-corrected chi connectivity index (χ1v) is 7.71. The average molecular weight is 325 g/mol. The van der Waals surface area contributed by atoms with Crippen molar-refractivity contribution in [2.24, 2.45) is 0 Å². The van der Waals surface area contributed by atoms with Crippen molar-refractivity contribution in [3.05, 3.63) is 58.7 Å². The minimum Gasteiger partial charge on any atom is -0.349 e. The SMILES string of the molecule is Cc1cc(/C=C(/C#N)C(=O)NC(C)C)c(C)n1-c1ccc(F)cc1. The molecule has 1 N–H and O–H groups in total. The van der Waals surface area contributed by atoms with E-state index in [-0.39, 0.29) is 23.3 Å². The highest BCUT2D eigenvalue weighted by Gasteiger charge is 2.14. The van der Waals surface area contributed by atoms with Gasteiger partial charge in [-0.15, -0.1) is 0 Å². The number of halogens is 1. The largest absolute Gasteiger partial charge is 0.349 e. The predicted molar refractivity (Wildman–Crippen MR) is 92.1 cm³/mol. The van der Waals surface area contributed by atoms with Gasteiger partial charge in [0.25, 0.3) is 5.91 Å². The van der Waals surface area contributed by atoms with Crippen molar-refractivity contribution in [2.45, 2.75) is 33.7 Å². The van der Waals surface area contributed by atoms with E-state index in [1.54, 1.807) is 18.2 Å². The molecule has 4 nitrogen and oxygen atoms in total.